The number of carbonyl (C=O) groups excluding carboxylic acids is 1. The van der Waals surface area contributed by atoms with E-state index in [1.54, 1.807) is 13.0 Å². The van der Waals surface area contributed by atoms with E-state index in [-0.39, 0.29) is 10.6 Å². The van der Waals surface area contributed by atoms with Gasteiger partial charge in [0.2, 0.25) is 15.9 Å². The molecule has 0 fully saturated rings. The second-order valence-electron chi connectivity index (χ2n) is 6.13. The number of nitrogens with one attached hydrogen (secondary N) is 1. The molecule has 0 unspecified atom stereocenters. The number of benzene rings is 2. The fourth-order valence-corrected chi connectivity index (χ4v) is 3.49. The van der Waals surface area contributed by atoms with Crippen LogP contribution in [-0.4, -0.2) is 38.6 Å². The van der Waals surface area contributed by atoms with E-state index in [0.717, 1.165) is 27.6 Å². The number of hydrogen-bond acceptors (Lipinski definition) is 4. The minimum absolute atomic E-state index is 0.0690. The summed E-state index contributed by atoms with van der Waals surface area (Å²) in [5, 5.41) is 2.43. The Kier molecular flexibility index (Phi) is 6.35. The van der Waals surface area contributed by atoms with Crippen molar-refractivity contribution in [3.05, 3.63) is 53.6 Å². The molecule has 0 saturated carbocycles. The molecule has 0 spiro atoms. The Morgan fingerprint density at radius 3 is 2.21 bits per heavy atom. The molecule has 2 aromatic carbocycles. The molecule has 0 aliphatic carbocycles. The lowest BCUT2D eigenvalue weighted by Crippen LogP contribution is -2.35. The van der Waals surface area contributed by atoms with Crippen LogP contribution in [0, 0.1) is 13.8 Å². The molecule has 0 radical (unpaired) electrons. The fourth-order valence-electron chi connectivity index (χ4n) is 2.28. The Labute approximate surface area is 161 Å². The van der Waals surface area contributed by atoms with Gasteiger partial charge < -0.3 is 10.1 Å². The van der Waals surface area contributed by atoms with Gasteiger partial charge in [-0.15, -0.1) is 13.2 Å². The maximum atomic E-state index is 12.6. The molecular formula is C18H19F3N2O4S. The Morgan fingerprint density at radius 2 is 1.68 bits per heavy atom. The van der Waals surface area contributed by atoms with Gasteiger partial charge >= 0.3 is 6.36 Å². The van der Waals surface area contributed by atoms with Gasteiger partial charge in [0.15, 0.2) is 0 Å². The molecule has 1 N–H and O–H groups in total. The molecule has 0 saturated heterocycles. The van der Waals surface area contributed by atoms with Gasteiger partial charge in [0.1, 0.15) is 5.75 Å². The van der Waals surface area contributed by atoms with E-state index in [9.17, 15) is 26.4 Å². The zero-order valence-electron chi connectivity index (χ0n) is 15.4. The fraction of sp³-hybridized carbons (Fsp3) is 0.278. The molecule has 0 aliphatic heterocycles. The first-order valence-corrected chi connectivity index (χ1v) is 9.52. The van der Waals surface area contributed by atoms with Crippen molar-refractivity contribution in [1.82, 2.24) is 4.31 Å². The van der Waals surface area contributed by atoms with E-state index in [1.807, 2.05) is 6.92 Å². The van der Waals surface area contributed by atoms with Crippen molar-refractivity contribution >= 4 is 21.6 Å². The summed E-state index contributed by atoms with van der Waals surface area (Å²) < 4.78 is 66.2. The molecular weight excluding hydrogens is 397 g/mol. The largest absolute Gasteiger partial charge is 0.573 e. The molecule has 28 heavy (non-hydrogen) atoms. The molecule has 152 valence electrons. The Balaban J connectivity index is 2.02. The average Bonchev–Trinajstić information content (AvgIpc) is 2.57. The Hall–Kier alpha value is -2.59. The minimum atomic E-state index is -4.81. The number of ether oxygens (including phenoxy) is 1. The van der Waals surface area contributed by atoms with Crippen LogP contribution in [0.25, 0.3) is 0 Å². The molecule has 1 amide bonds. The number of nitrogens with zero attached hydrogens (tertiary/aromatic N) is 1. The van der Waals surface area contributed by atoms with Crippen LogP contribution in [0.1, 0.15) is 11.1 Å². The van der Waals surface area contributed by atoms with Crippen molar-refractivity contribution in [2.24, 2.45) is 0 Å². The minimum Gasteiger partial charge on any atom is -0.406 e. The number of rotatable bonds is 6. The van der Waals surface area contributed by atoms with Gasteiger partial charge in [-0.1, -0.05) is 6.07 Å². The van der Waals surface area contributed by atoms with E-state index in [2.05, 4.69) is 10.1 Å². The Bertz CT molecular complexity index is 958. The third kappa shape index (κ3) is 5.70. The number of aryl methyl sites for hydroxylation is 2. The summed E-state index contributed by atoms with van der Waals surface area (Å²) in [5.41, 5.74) is 1.95. The lowest BCUT2D eigenvalue weighted by molar-refractivity contribution is -0.274. The van der Waals surface area contributed by atoms with E-state index in [0.29, 0.717) is 0 Å². The summed E-state index contributed by atoms with van der Waals surface area (Å²) in [5.74, 6) is -1.07. The van der Waals surface area contributed by atoms with E-state index in [4.69, 9.17) is 0 Å². The molecule has 10 heteroatoms. The second kappa shape index (κ2) is 8.19. The summed E-state index contributed by atoms with van der Waals surface area (Å²) in [7, 11) is -2.60. The molecule has 0 heterocycles. The second-order valence-corrected chi connectivity index (χ2v) is 8.17. The maximum Gasteiger partial charge on any atom is 0.573 e. The number of carbonyl (C=O) groups is 1. The average molecular weight is 416 g/mol. The molecule has 0 bridgehead atoms. The van der Waals surface area contributed by atoms with Crippen LogP contribution in [0.3, 0.4) is 0 Å². The van der Waals surface area contributed by atoms with Crippen molar-refractivity contribution in [3.8, 4) is 5.75 Å². The first kappa shape index (κ1) is 21.7. The number of anilines is 1. The predicted molar refractivity (Wildman–Crippen MR) is 97.5 cm³/mol. The number of halogens is 3. The zero-order chi connectivity index (χ0) is 21.1. The van der Waals surface area contributed by atoms with Crippen molar-refractivity contribution in [1.29, 1.82) is 0 Å². The predicted octanol–water partition coefficient (Wildman–Crippen LogP) is 3.46. The third-order valence-electron chi connectivity index (χ3n) is 3.92. The summed E-state index contributed by atoms with van der Waals surface area (Å²) in [4.78, 5) is 12.2. The van der Waals surface area contributed by atoms with Crippen LogP contribution in [0.5, 0.6) is 5.75 Å². The highest BCUT2D eigenvalue weighted by atomic mass is 32.2. The van der Waals surface area contributed by atoms with Crippen LogP contribution in [0.4, 0.5) is 18.9 Å². The van der Waals surface area contributed by atoms with Crippen LogP contribution in [0.15, 0.2) is 47.4 Å². The van der Waals surface area contributed by atoms with Crippen LogP contribution in [-0.2, 0) is 14.8 Å². The molecule has 0 aliphatic rings. The van der Waals surface area contributed by atoms with E-state index in [1.165, 1.54) is 31.3 Å². The molecule has 2 aromatic rings. The van der Waals surface area contributed by atoms with Crippen LogP contribution < -0.4 is 10.1 Å². The van der Waals surface area contributed by atoms with Crippen molar-refractivity contribution in [3.63, 3.8) is 0 Å². The number of likely N-dealkylation sites (N-methyl/N-ethyl adjacent to an activating group) is 1. The van der Waals surface area contributed by atoms with Gasteiger partial charge in [0.05, 0.1) is 11.4 Å². The molecule has 6 nitrogen and oxygen atoms in total. The van der Waals surface area contributed by atoms with Gasteiger partial charge in [0, 0.05) is 12.7 Å². The molecule has 2 rings (SSSR count). The summed E-state index contributed by atoms with van der Waals surface area (Å²) in [6.07, 6.45) is -4.81. The third-order valence-corrected chi connectivity index (χ3v) is 5.72. The highest BCUT2D eigenvalue weighted by Crippen LogP contribution is 2.24. The van der Waals surface area contributed by atoms with Crippen molar-refractivity contribution in [2.75, 3.05) is 18.9 Å². The molecule has 0 aromatic heterocycles. The first-order valence-electron chi connectivity index (χ1n) is 8.08. The van der Waals surface area contributed by atoms with E-state index >= 15 is 0 Å². The number of hydrogen-bond donors (Lipinski definition) is 1. The monoisotopic (exact) mass is 416 g/mol. The van der Waals surface area contributed by atoms with Gasteiger partial charge in [-0.3, -0.25) is 4.79 Å². The summed E-state index contributed by atoms with van der Waals surface area (Å²) >= 11 is 0. The van der Waals surface area contributed by atoms with Crippen molar-refractivity contribution < 1.29 is 31.1 Å². The Morgan fingerprint density at radius 1 is 1.07 bits per heavy atom. The zero-order valence-corrected chi connectivity index (χ0v) is 16.2. The topological polar surface area (TPSA) is 75.7 Å². The standard InChI is InChI=1S/C18H19F3N2O4S/c1-12-4-9-16(10-13(12)2)28(25,26)23(3)11-17(24)22-14-5-7-15(8-6-14)27-18(19,20)21/h4-10H,11H2,1-3H3,(H,22,24). The van der Waals surface area contributed by atoms with E-state index < -0.39 is 34.6 Å². The first-order chi connectivity index (χ1) is 12.9. The quantitative estimate of drug-likeness (QED) is 0.783. The highest BCUT2D eigenvalue weighted by molar-refractivity contribution is 7.89. The van der Waals surface area contributed by atoms with Crippen LogP contribution in [0.2, 0.25) is 0 Å². The van der Waals surface area contributed by atoms with Crippen LogP contribution >= 0.6 is 0 Å². The summed E-state index contributed by atoms with van der Waals surface area (Å²) in [6, 6.07) is 9.19. The number of sulfonamides is 1. The summed E-state index contributed by atoms with van der Waals surface area (Å²) in [6.45, 7) is 3.18. The van der Waals surface area contributed by atoms with Gasteiger partial charge in [0.25, 0.3) is 0 Å². The maximum absolute atomic E-state index is 12.6. The SMILES string of the molecule is Cc1ccc(S(=O)(=O)N(C)CC(=O)Nc2ccc(OC(F)(F)F)cc2)cc1C. The lowest BCUT2D eigenvalue weighted by atomic mass is 10.1. The molecule has 0 atom stereocenters. The normalized spacial score (nSPS) is 12.1. The van der Waals surface area contributed by atoms with Crippen molar-refractivity contribution in [2.45, 2.75) is 25.1 Å². The lowest BCUT2D eigenvalue weighted by Gasteiger charge is -2.17. The van der Waals surface area contributed by atoms with Gasteiger partial charge in [-0.25, -0.2) is 8.42 Å². The van der Waals surface area contributed by atoms with Gasteiger partial charge in [-0.2, -0.15) is 4.31 Å². The number of amides is 1. The highest BCUT2D eigenvalue weighted by Gasteiger charge is 2.31. The van der Waals surface area contributed by atoms with Gasteiger partial charge in [-0.05, 0) is 61.4 Å². The number of alkyl halides is 3. The smallest absolute Gasteiger partial charge is 0.406 e.